The molecule has 60 valence electrons. The van der Waals surface area contributed by atoms with Gasteiger partial charge in [0.2, 0.25) is 0 Å². The fraction of sp³-hybridized carbons (Fsp3) is 1.00. The van der Waals surface area contributed by atoms with E-state index in [9.17, 15) is 8.76 Å². The second-order valence-corrected chi connectivity index (χ2v) is 3.60. The predicted octanol–water partition coefficient (Wildman–Crippen LogP) is -0.135. The van der Waals surface area contributed by atoms with E-state index in [2.05, 4.69) is 5.32 Å². The number of hydrogen-bond acceptors (Lipinski definition) is 3. The van der Waals surface area contributed by atoms with Crippen molar-refractivity contribution in [2.45, 2.75) is 12.8 Å². The molecule has 1 rings (SSSR count). The van der Waals surface area contributed by atoms with Crippen LogP contribution in [0.15, 0.2) is 0 Å². The molecule has 0 aliphatic carbocycles. The van der Waals surface area contributed by atoms with Crippen molar-refractivity contribution in [3.05, 3.63) is 0 Å². The molecule has 1 atom stereocenters. The number of hydrogen-bond donors (Lipinski definition) is 1. The van der Waals surface area contributed by atoms with Gasteiger partial charge in [-0.1, -0.05) is 11.1 Å². The first-order chi connectivity index (χ1) is 4.79. The maximum Gasteiger partial charge on any atom is 0.0131 e. The Morgan fingerprint density at radius 3 is 2.60 bits per heavy atom. The van der Waals surface area contributed by atoms with Gasteiger partial charge in [0.1, 0.15) is 0 Å². The van der Waals surface area contributed by atoms with Crippen molar-refractivity contribution in [3.8, 4) is 0 Å². The Morgan fingerprint density at radius 2 is 2.10 bits per heavy atom. The molecule has 10 heavy (non-hydrogen) atoms. The number of rotatable bonds is 2. The van der Waals surface area contributed by atoms with Crippen LogP contribution in [-0.2, 0) is 11.1 Å². The van der Waals surface area contributed by atoms with Crippen LogP contribution in [0.3, 0.4) is 0 Å². The third-order valence-electron chi connectivity index (χ3n) is 1.83. The fourth-order valence-corrected chi connectivity index (χ4v) is 1.96. The second kappa shape index (κ2) is 4.05. The number of piperidine rings is 1. The average Bonchev–Trinajstić information content (AvgIpc) is 1.88. The molecular formula is C6H12NO2S-. The van der Waals surface area contributed by atoms with Crippen LogP contribution in [-0.4, -0.2) is 27.6 Å². The van der Waals surface area contributed by atoms with Gasteiger partial charge in [-0.25, -0.2) is 0 Å². The van der Waals surface area contributed by atoms with Crippen LogP contribution >= 0.6 is 0 Å². The van der Waals surface area contributed by atoms with Crippen LogP contribution in [0.4, 0.5) is 0 Å². The van der Waals surface area contributed by atoms with Crippen molar-refractivity contribution in [2.24, 2.45) is 5.92 Å². The highest BCUT2D eigenvalue weighted by molar-refractivity contribution is 7.79. The van der Waals surface area contributed by atoms with Crippen LogP contribution in [0.5, 0.6) is 0 Å². The third-order valence-corrected chi connectivity index (χ3v) is 2.57. The summed E-state index contributed by atoms with van der Waals surface area (Å²) in [6, 6.07) is 0. The average molecular weight is 162 g/mol. The van der Waals surface area contributed by atoms with E-state index in [4.69, 9.17) is 0 Å². The highest BCUT2D eigenvalue weighted by Gasteiger charge is 2.11. The molecule has 0 aromatic carbocycles. The lowest BCUT2D eigenvalue weighted by Crippen LogP contribution is -2.30. The Labute approximate surface area is 63.5 Å². The first kappa shape index (κ1) is 8.17. The quantitative estimate of drug-likeness (QED) is 0.575. The third kappa shape index (κ3) is 2.77. The zero-order valence-electron chi connectivity index (χ0n) is 5.84. The Kier molecular flexibility index (Phi) is 3.31. The Bertz CT molecular complexity index is 123. The van der Waals surface area contributed by atoms with Crippen molar-refractivity contribution in [1.82, 2.24) is 5.32 Å². The van der Waals surface area contributed by atoms with Crippen molar-refractivity contribution in [1.29, 1.82) is 0 Å². The zero-order chi connectivity index (χ0) is 7.40. The van der Waals surface area contributed by atoms with Crippen molar-refractivity contribution >= 4 is 11.1 Å². The summed E-state index contributed by atoms with van der Waals surface area (Å²) in [4.78, 5) is 0. The molecular weight excluding hydrogens is 150 g/mol. The van der Waals surface area contributed by atoms with Crippen LogP contribution in [0.25, 0.3) is 0 Å². The van der Waals surface area contributed by atoms with E-state index in [0.29, 0.717) is 11.7 Å². The standard InChI is InChI=1S/C6H13NO2S/c8-10(9)5-6-1-3-7-4-2-6/h6-7H,1-5H2,(H,8,9)/p-1. The van der Waals surface area contributed by atoms with E-state index in [0.717, 1.165) is 25.9 Å². The molecule has 0 amide bonds. The maximum absolute atomic E-state index is 10.2. The molecule has 1 aliphatic rings. The van der Waals surface area contributed by atoms with Crippen LogP contribution in [0.2, 0.25) is 0 Å². The molecule has 1 unspecified atom stereocenters. The molecule has 4 heteroatoms. The topological polar surface area (TPSA) is 52.2 Å². The molecule has 1 fully saturated rings. The summed E-state index contributed by atoms with van der Waals surface area (Å²) in [5.74, 6) is 0.751. The van der Waals surface area contributed by atoms with Gasteiger partial charge in [0.15, 0.2) is 0 Å². The first-order valence-electron chi connectivity index (χ1n) is 3.55. The number of nitrogens with one attached hydrogen (secondary N) is 1. The Balaban J connectivity index is 2.19. The van der Waals surface area contributed by atoms with Crippen LogP contribution in [0.1, 0.15) is 12.8 Å². The van der Waals surface area contributed by atoms with Gasteiger partial charge < -0.3 is 9.87 Å². The summed E-state index contributed by atoms with van der Waals surface area (Å²) < 4.78 is 20.5. The lowest BCUT2D eigenvalue weighted by Gasteiger charge is -2.22. The van der Waals surface area contributed by atoms with E-state index >= 15 is 0 Å². The van der Waals surface area contributed by atoms with Gasteiger partial charge in [-0.3, -0.25) is 4.21 Å². The van der Waals surface area contributed by atoms with Gasteiger partial charge in [0, 0.05) is 5.75 Å². The summed E-state index contributed by atoms with van der Waals surface area (Å²) in [6.45, 7) is 1.95. The van der Waals surface area contributed by atoms with Gasteiger partial charge >= 0.3 is 0 Å². The molecule has 1 aliphatic heterocycles. The van der Waals surface area contributed by atoms with Crippen molar-refractivity contribution in [3.63, 3.8) is 0 Å². The normalized spacial score (nSPS) is 24.5. The highest BCUT2D eigenvalue weighted by atomic mass is 32.2. The molecule has 1 saturated heterocycles. The Hall–Kier alpha value is 0.0700. The monoisotopic (exact) mass is 162 g/mol. The van der Waals surface area contributed by atoms with Crippen LogP contribution in [0, 0.1) is 5.92 Å². The smallest absolute Gasteiger partial charge is 0.0131 e. The lowest BCUT2D eigenvalue weighted by molar-refractivity contribution is 0.397. The lowest BCUT2D eigenvalue weighted by atomic mass is 10.0. The van der Waals surface area contributed by atoms with Gasteiger partial charge in [-0.15, -0.1) is 0 Å². The summed E-state index contributed by atoms with van der Waals surface area (Å²) >= 11 is -1.84. The Morgan fingerprint density at radius 1 is 1.50 bits per heavy atom. The largest absolute Gasteiger partial charge is 0.772 e. The molecule has 3 nitrogen and oxygen atoms in total. The van der Waals surface area contributed by atoms with Crippen molar-refractivity contribution in [2.75, 3.05) is 18.8 Å². The second-order valence-electron chi connectivity index (χ2n) is 2.66. The van der Waals surface area contributed by atoms with E-state index in [-0.39, 0.29) is 0 Å². The van der Waals surface area contributed by atoms with Crippen LogP contribution < -0.4 is 5.32 Å². The minimum atomic E-state index is -1.84. The molecule has 0 radical (unpaired) electrons. The zero-order valence-corrected chi connectivity index (χ0v) is 6.65. The first-order valence-corrected chi connectivity index (χ1v) is 4.80. The van der Waals surface area contributed by atoms with Crippen molar-refractivity contribution < 1.29 is 8.76 Å². The SMILES string of the molecule is O=S([O-])CC1CCNCC1. The van der Waals surface area contributed by atoms with E-state index in [1.54, 1.807) is 0 Å². The molecule has 0 saturated carbocycles. The molecule has 0 bridgehead atoms. The minimum Gasteiger partial charge on any atom is -0.772 e. The summed E-state index contributed by atoms with van der Waals surface area (Å²) in [7, 11) is 0. The highest BCUT2D eigenvalue weighted by Crippen LogP contribution is 2.11. The maximum atomic E-state index is 10.2. The van der Waals surface area contributed by atoms with Gasteiger partial charge in [0.25, 0.3) is 0 Å². The molecule has 0 spiro atoms. The fourth-order valence-electron chi connectivity index (χ4n) is 1.24. The van der Waals surface area contributed by atoms with E-state index in [1.807, 2.05) is 0 Å². The molecule has 1 heterocycles. The summed E-state index contributed by atoms with van der Waals surface area (Å²) in [5.41, 5.74) is 0. The predicted molar refractivity (Wildman–Crippen MR) is 39.4 cm³/mol. The van der Waals surface area contributed by atoms with E-state index < -0.39 is 11.1 Å². The van der Waals surface area contributed by atoms with Gasteiger partial charge in [0.05, 0.1) is 0 Å². The molecule has 1 N–H and O–H groups in total. The van der Waals surface area contributed by atoms with E-state index in [1.165, 1.54) is 0 Å². The van der Waals surface area contributed by atoms with Gasteiger partial charge in [-0.2, -0.15) is 0 Å². The minimum absolute atomic E-state index is 0.349. The molecule has 0 aromatic heterocycles. The molecule has 0 aromatic rings. The van der Waals surface area contributed by atoms with Gasteiger partial charge in [-0.05, 0) is 31.8 Å². The summed E-state index contributed by atoms with van der Waals surface area (Å²) in [5, 5.41) is 3.19. The summed E-state index contributed by atoms with van der Waals surface area (Å²) in [6.07, 6.45) is 2.02.